The summed E-state index contributed by atoms with van der Waals surface area (Å²) in [6, 6.07) is 24.8. The number of fused-ring (bicyclic) bond motifs is 1. The van der Waals surface area contributed by atoms with Gasteiger partial charge in [0.05, 0.1) is 5.69 Å². The zero-order valence-electron chi connectivity index (χ0n) is 12.8. The number of thioether (sulfide) groups is 1. The predicted molar refractivity (Wildman–Crippen MR) is 101 cm³/mol. The molecule has 1 aliphatic heterocycles. The number of hydrogen-bond donors (Lipinski definition) is 0. The summed E-state index contributed by atoms with van der Waals surface area (Å²) in [7, 11) is 0. The van der Waals surface area contributed by atoms with Crippen molar-refractivity contribution in [2.75, 3.05) is 0 Å². The Morgan fingerprint density at radius 1 is 0.792 bits per heavy atom. The van der Waals surface area contributed by atoms with E-state index in [1.54, 1.807) is 23.9 Å². The zero-order valence-corrected chi connectivity index (χ0v) is 13.6. The number of rotatable bonds is 2. The lowest BCUT2D eigenvalue weighted by Gasteiger charge is -1.99. The summed E-state index contributed by atoms with van der Waals surface area (Å²) in [4.78, 5) is 5.86. The van der Waals surface area contributed by atoms with E-state index in [1.807, 2.05) is 54.6 Å². The quantitative estimate of drug-likeness (QED) is 0.548. The third kappa shape index (κ3) is 3.03. The zero-order chi connectivity index (χ0) is 16.4. The number of hydrogen-bond acceptors (Lipinski definition) is 2. The second-order valence-electron chi connectivity index (χ2n) is 5.46. The maximum absolute atomic E-state index is 13.4. The van der Waals surface area contributed by atoms with Crippen LogP contribution in [0.25, 0.3) is 11.0 Å². The fraction of sp³-hybridized carbons (Fsp3) is 0. The average molecular weight is 331 g/mol. The van der Waals surface area contributed by atoms with E-state index in [0.717, 1.165) is 32.3 Å². The van der Waals surface area contributed by atoms with Crippen LogP contribution in [0.5, 0.6) is 0 Å². The van der Waals surface area contributed by atoms with Gasteiger partial charge < -0.3 is 0 Å². The minimum Gasteiger partial charge on any atom is -0.241 e. The van der Waals surface area contributed by atoms with Crippen molar-refractivity contribution in [2.45, 2.75) is 0 Å². The smallest absolute Gasteiger partial charge is 0.123 e. The van der Waals surface area contributed by atoms with Crippen molar-refractivity contribution < 1.29 is 4.39 Å². The largest absolute Gasteiger partial charge is 0.241 e. The van der Waals surface area contributed by atoms with E-state index in [0.29, 0.717) is 0 Å². The van der Waals surface area contributed by atoms with Crippen molar-refractivity contribution in [3.63, 3.8) is 0 Å². The van der Waals surface area contributed by atoms with Crippen molar-refractivity contribution in [1.29, 1.82) is 0 Å². The van der Waals surface area contributed by atoms with Gasteiger partial charge in [0.1, 0.15) is 10.9 Å². The maximum Gasteiger partial charge on any atom is 0.123 e. The van der Waals surface area contributed by atoms with Gasteiger partial charge in [-0.3, -0.25) is 0 Å². The molecule has 0 saturated heterocycles. The van der Waals surface area contributed by atoms with Gasteiger partial charge in [-0.05, 0) is 41.5 Å². The molecule has 0 N–H and O–H groups in total. The molecule has 0 fully saturated rings. The van der Waals surface area contributed by atoms with E-state index in [9.17, 15) is 4.39 Å². The highest BCUT2D eigenvalue weighted by Crippen LogP contribution is 2.43. The summed E-state index contributed by atoms with van der Waals surface area (Å²) in [5.41, 5.74) is 4.05. The third-order valence-electron chi connectivity index (χ3n) is 3.76. The average Bonchev–Trinajstić information content (AvgIpc) is 2.94. The molecule has 24 heavy (non-hydrogen) atoms. The Morgan fingerprint density at radius 3 is 2.33 bits per heavy atom. The first-order chi connectivity index (χ1) is 11.8. The van der Waals surface area contributed by atoms with Gasteiger partial charge in [0, 0.05) is 10.5 Å². The molecule has 0 saturated carbocycles. The third-order valence-corrected chi connectivity index (χ3v) is 4.83. The van der Waals surface area contributed by atoms with E-state index >= 15 is 0 Å². The molecule has 0 atom stereocenters. The lowest BCUT2D eigenvalue weighted by molar-refractivity contribution is 0.627. The molecular formula is C21H14FNS. The van der Waals surface area contributed by atoms with Crippen molar-refractivity contribution in [3.05, 3.63) is 101 Å². The normalized spacial score (nSPS) is 16.5. The fourth-order valence-corrected chi connectivity index (χ4v) is 3.79. The maximum atomic E-state index is 13.4. The molecule has 3 aromatic carbocycles. The number of para-hydroxylation sites is 1. The van der Waals surface area contributed by atoms with E-state index in [4.69, 9.17) is 4.99 Å². The molecule has 0 amide bonds. The van der Waals surface area contributed by atoms with E-state index in [-0.39, 0.29) is 5.82 Å². The van der Waals surface area contributed by atoms with E-state index < -0.39 is 0 Å². The van der Waals surface area contributed by atoms with Gasteiger partial charge in [0.25, 0.3) is 0 Å². The molecule has 4 rings (SSSR count). The van der Waals surface area contributed by atoms with Crippen LogP contribution in [0.4, 0.5) is 10.1 Å². The molecule has 0 bridgehead atoms. The number of nitrogens with zero attached hydrogens (tertiary/aromatic N) is 1. The Bertz CT molecular complexity index is 945. The molecule has 1 nitrogen and oxygen atoms in total. The molecule has 1 heterocycles. The van der Waals surface area contributed by atoms with Gasteiger partial charge in [0.15, 0.2) is 0 Å². The van der Waals surface area contributed by atoms with Crippen LogP contribution < -0.4 is 0 Å². The van der Waals surface area contributed by atoms with Crippen LogP contribution in [0.2, 0.25) is 0 Å². The van der Waals surface area contributed by atoms with Crippen LogP contribution in [0.1, 0.15) is 16.7 Å². The van der Waals surface area contributed by atoms with Gasteiger partial charge in [-0.2, -0.15) is 0 Å². The first kappa shape index (κ1) is 14.9. The highest BCUT2D eigenvalue weighted by atomic mass is 32.2. The Hall–Kier alpha value is -2.65. The first-order valence-electron chi connectivity index (χ1n) is 7.68. The summed E-state index contributed by atoms with van der Waals surface area (Å²) in [6.45, 7) is 0. The van der Waals surface area contributed by atoms with Crippen LogP contribution >= 0.6 is 11.8 Å². The molecular weight excluding hydrogens is 317 g/mol. The number of halogens is 1. The standard InChI is InChI=1S/C21H14FNS/c22-16-8-6-7-15(13-16)14-20-18-11-4-5-12-19(18)21(24-20)23-17-9-2-1-3-10-17/h1-14H/b20-14-,23-21?. The highest BCUT2D eigenvalue weighted by molar-refractivity contribution is 8.23. The molecule has 0 spiro atoms. The Labute approximate surface area is 144 Å². The van der Waals surface area contributed by atoms with Crippen LogP contribution in [0.15, 0.2) is 83.9 Å². The summed E-state index contributed by atoms with van der Waals surface area (Å²) in [5.74, 6) is -0.223. The van der Waals surface area contributed by atoms with Gasteiger partial charge >= 0.3 is 0 Å². The molecule has 0 aliphatic carbocycles. The predicted octanol–water partition coefficient (Wildman–Crippen LogP) is 6.15. The minimum atomic E-state index is -0.223. The Kier molecular flexibility index (Phi) is 4.01. The Morgan fingerprint density at radius 2 is 1.54 bits per heavy atom. The van der Waals surface area contributed by atoms with Gasteiger partial charge in [-0.1, -0.05) is 66.4 Å². The lowest BCUT2D eigenvalue weighted by Crippen LogP contribution is -1.89. The van der Waals surface area contributed by atoms with Crippen molar-refractivity contribution in [3.8, 4) is 0 Å². The second kappa shape index (κ2) is 6.46. The molecule has 116 valence electrons. The Balaban J connectivity index is 1.78. The minimum absolute atomic E-state index is 0.223. The van der Waals surface area contributed by atoms with Crippen molar-refractivity contribution in [2.24, 2.45) is 4.99 Å². The molecule has 0 aromatic heterocycles. The highest BCUT2D eigenvalue weighted by Gasteiger charge is 2.23. The summed E-state index contributed by atoms with van der Waals surface area (Å²) >= 11 is 1.62. The van der Waals surface area contributed by atoms with E-state index in [2.05, 4.69) is 12.1 Å². The number of benzene rings is 3. The van der Waals surface area contributed by atoms with Crippen LogP contribution in [-0.4, -0.2) is 5.04 Å². The topological polar surface area (TPSA) is 12.4 Å². The van der Waals surface area contributed by atoms with Gasteiger partial charge in [-0.25, -0.2) is 9.38 Å². The molecule has 0 unspecified atom stereocenters. The molecule has 0 radical (unpaired) electrons. The van der Waals surface area contributed by atoms with Crippen LogP contribution in [0.3, 0.4) is 0 Å². The van der Waals surface area contributed by atoms with E-state index in [1.165, 1.54) is 6.07 Å². The fourth-order valence-electron chi connectivity index (χ4n) is 2.66. The van der Waals surface area contributed by atoms with Crippen LogP contribution in [-0.2, 0) is 0 Å². The molecule has 3 aromatic rings. The van der Waals surface area contributed by atoms with Crippen molar-refractivity contribution in [1.82, 2.24) is 0 Å². The first-order valence-corrected chi connectivity index (χ1v) is 8.50. The summed E-state index contributed by atoms with van der Waals surface area (Å²) < 4.78 is 13.4. The second-order valence-corrected chi connectivity index (χ2v) is 6.49. The van der Waals surface area contributed by atoms with Crippen LogP contribution in [0, 0.1) is 5.82 Å². The summed E-state index contributed by atoms with van der Waals surface area (Å²) in [5, 5.41) is 0.972. The summed E-state index contributed by atoms with van der Waals surface area (Å²) in [6.07, 6.45) is 2.01. The molecule has 3 heteroatoms. The molecule has 1 aliphatic rings. The number of aliphatic imine (C=N–C) groups is 1. The van der Waals surface area contributed by atoms with Crippen molar-refractivity contribution >= 4 is 33.5 Å². The van der Waals surface area contributed by atoms with Gasteiger partial charge in [-0.15, -0.1) is 0 Å². The SMILES string of the molecule is Fc1cccc(/C=C2\SC(=Nc3ccccc3)c3ccccc32)c1. The lowest BCUT2D eigenvalue weighted by atomic mass is 10.1. The van der Waals surface area contributed by atoms with Gasteiger partial charge in [0.2, 0.25) is 0 Å². The monoisotopic (exact) mass is 331 g/mol.